The summed E-state index contributed by atoms with van der Waals surface area (Å²) < 4.78 is 28.7. The Morgan fingerprint density at radius 2 is 1.79 bits per heavy atom. The molecule has 144 valence electrons. The Balaban J connectivity index is 1.77. The number of fused-ring (bicyclic) bond motifs is 1. The number of para-hydroxylation sites is 2. The van der Waals surface area contributed by atoms with Crippen molar-refractivity contribution in [2.75, 3.05) is 13.7 Å². The summed E-state index contributed by atoms with van der Waals surface area (Å²) in [5, 5.41) is 0.806. The Bertz CT molecular complexity index is 1030. The lowest BCUT2D eigenvalue weighted by molar-refractivity contribution is -0.147. The molecule has 28 heavy (non-hydrogen) atoms. The standard InChI is InChI=1S/C21H18FNO5/c1-13-14-7-3-5-9-16(14)23-17(20(13)21(25)26-2)11-28-19(24)12-27-18-10-6-4-8-15(18)22/h3-10H,11-12H2,1-2H3. The second kappa shape index (κ2) is 8.47. The second-order valence-corrected chi connectivity index (χ2v) is 5.95. The molecule has 1 heterocycles. The molecule has 3 aromatic rings. The predicted octanol–water partition coefficient (Wildman–Crippen LogP) is 3.59. The number of esters is 2. The summed E-state index contributed by atoms with van der Waals surface area (Å²) in [6.45, 7) is 1.07. The fourth-order valence-electron chi connectivity index (χ4n) is 2.81. The van der Waals surface area contributed by atoms with Crippen molar-refractivity contribution in [1.82, 2.24) is 4.98 Å². The number of benzene rings is 2. The zero-order valence-electron chi connectivity index (χ0n) is 15.4. The van der Waals surface area contributed by atoms with Gasteiger partial charge >= 0.3 is 11.9 Å². The van der Waals surface area contributed by atoms with E-state index in [2.05, 4.69) is 4.98 Å². The van der Waals surface area contributed by atoms with E-state index in [1.807, 2.05) is 18.2 Å². The van der Waals surface area contributed by atoms with Gasteiger partial charge in [0, 0.05) is 5.39 Å². The van der Waals surface area contributed by atoms with Gasteiger partial charge in [0.05, 0.1) is 23.9 Å². The highest BCUT2D eigenvalue weighted by Crippen LogP contribution is 2.24. The molecule has 7 heteroatoms. The molecule has 0 atom stereocenters. The fraction of sp³-hybridized carbons (Fsp3) is 0.190. The molecule has 0 N–H and O–H groups in total. The van der Waals surface area contributed by atoms with E-state index in [1.54, 1.807) is 19.1 Å². The van der Waals surface area contributed by atoms with Crippen LogP contribution in [0.25, 0.3) is 10.9 Å². The second-order valence-electron chi connectivity index (χ2n) is 5.95. The van der Waals surface area contributed by atoms with Crippen LogP contribution >= 0.6 is 0 Å². The molecule has 0 aliphatic heterocycles. The smallest absolute Gasteiger partial charge is 0.344 e. The number of halogens is 1. The van der Waals surface area contributed by atoms with Crippen molar-refractivity contribution in [1.29, 1.82) is 0 Å². The van der Waals surface area contributed by atoms with Gasteiger partial charge in [-0.05, 0) is 30.7 Å². The molecule has 0 spiro atoms. The van der Waals surface area contributed by atoms with Crippen LogP contribution in [0.15, 0.2) is 48.5 Å². The van der Waals surface area contributed by atoms with E-state index >= 15 is 0 Å². The van der Waals surface area contributed by atoms with E-state index < -0.39 is 24.4 Å². The van der Waals surface area contributed by atoms with Gasteiger partial charge in [-0.25, -0.2) is 19.0 Å². The third-order valence-corrected chi connectivity index (χ3v) is 4.17. The molecule has 2 aromatic carbocycles. The molecule has 0 saturated heterocycles. The number of carbonyl (C=O) groups excluding carboxylic acids is 2. The molecule has 1 aromatic heterocycles. The Labute approximate surface area is 160 Å². The molecule has 0 amide bonds. The fourth-order valence-corrected chi connectivity index (χ4v) is 2.81. The number of nitrogens with zero attached hydrogens (tertiary/aromatic N) is 1. The summed E-state index contributed by atoms with van der Waals surface area (Å²) in [6, 6.07) is 13.1. The highest BCUT2D eigenvalue weighted by Gasteiger charge is 2.20. The van der Waals surface area contributed by atoms with Crippen molar-refractivity contribution >= 4 is 22.8 Å². The first kappa shape index (κ1) is 19.3. The van der Waals surface area contributed by atoms with E-state index in [-0.39, 0.29) is 23.6 Å². The van der Waals surface area contributed by atoms with Crippen LogP contribution in [0.4, 0.5) is 4.39 Å². The molecule has 6 nitrogen and oxygen atoms in total. The summed E-state index contributed by atoms with van der Waals surface area (Å²) in [4.78, 5) is 28.6. The highest BCUT2D eigenvalue weighted by molar-refractivity contribution is 5.98. The summed E-state index contributed by atoms with van der Waals surface area (Å²) in [5.41, 5.74) is 1.89. The Morgan fingerprint density at radius 3 is 2.54 bits per heavy atom. The average molecular weight is 383 g/mol. The molecule has 0 saturated carbocycles. The molecule has 0 bridgehead atoms. The number of ether oxygens (including phenoxy) is 3. The SMILES string of the molecule is COC(=O)c1c(COC(=O)COc2ccccc2F)nc2ccccc2c1C. The van der Waals surface area contributed by atoms with Crippen LogP contribution in [0.2, 0.25) is 0 Å². The summed E-state index contributed by atoms with van der Waals surface area (Å²) >= 11 is 0. The maximum Gasteiger partial charge on any atom is 0.344 e. The maximum absolute atomic E-state index is 13.5. The molecule has 0 radical (unpaired) electrons. The number of hydrogen-bond donors (Lipinski definition) is 0. The molecule has 0 aliphatic rings. The van der Waals surface area contributed by atoms with Gasteiger partial charge in [0.15, 0.2) is 18.2 Å². The zero-order chi connectivity index (χ0) is 20.1. The van der Waals surface area contributed by atoms with Crippen LogP contribution in [-0.4, -0.2) is 30.6 Å². The van der Waals surface area contributed by atoms with Gasteiger partial charge < -0.3 is 14.2 Å². The van der Waals surface area contributed by atoms with Crippen LogP contribution in [0.3, 0.4) is 0 Å². The van der Waals surface area contributed by atoms with Crippen molar-refractivity contribution in [2.24, 2.45) is 0 Å². The minimum atomic E-state index is -0.716. The Kier molecular flexibility index (Phi) is 5.84. The van der Waals surface area contributed by atoms with Gasteiger partial charge in [0.25, 0.3) is 0 Å². The van der Waals surface area contributed by atoms with Gasteiger partial charge in [-0.1, -0.05) is 30.3 Å². The topological polar surface area (TPSA) is 74.7 Å². The zero-order valence-corrected chi connectivity index (χ0v) is 15.4. The Hall–Kier alpha value is -3.48. The van der Waals surface area contributed by atoms with Crippen LogP contribution in [0.1, 0.15) is 21.6 Å². The van der Waals surface area contributed by atoms with E-state index in [4.69, 9.17) is 14.2 Å². The molecule has 0 fully saturated rings. The van der Waals surface area contributed by atoms with E-state index in [9.17, 15) is 14.0 Å². The first-order valence-corrected chi connectivity index (χ1v) is 8.50. The number of carbonyl (C=O) groups is 2. The lowest BCUT2D eigenvalue weighted by Crippen LogP contribution is -2.18. The van der Waals surface area contributed by atoms with Crippen LogP contribution < -0.4 is 4.74 Å². The quantitative estimate of drug-likeness (QED) is 0.606. The van der Waals surface area contributed by atoms with Crippen molar-refractivity contribution < 1.29 is 28.2 Å². The van der Waals surface area contributed by atoms with Gasteiger partial charge in [-0.15, -0.1) is 0 Å². The van der Waals surface area contributed by atoms with E-state index in [1.165, 1.54) is 25.3 Å². The van der Waals surface area contributed by atoms with Crippen LogP contribution in [0.5, 0.6) is 5.75 Å². The van der Waals surface area contributed by atoms with Crippen molar-refractivity contribution in [3.8, 4) is 5.75 Å². The molecular formula is C21H18FNO5. The van der Waals surface area contributed by atoms with Gasteiger partial charge in [0.2, 0.25) is 0 Å². The van der Waals surface area contributed by atoms with Crippen LogP contribution in [-0.2, 0) is 20.9 Å². The molecule has 0 unspecified atom stereocenters. The van der Waals surface area contributed by atoms with Crippen molar-refractivity contribution in [2.45, 2.75) is 13.5 Å². The lowest BCUT2D eigenvalue weighted by Gasteiger charge is -2.13. The maximum atomic E-state index is 13.5. The van der Waals surface area contributed by atoms with Gasteiger partial charge in [0.1, 0.15) is 6.61 Å². The summed E-state index contributed by atoms with van der Waals surface area (Å²) in [6.07, 6.45) is 0. The normalized spacial score (nSPS) is 10.5. The first-order valence-electron chi connectivity index (χ1n) is 8.50. The predicted molar refractivity (Wildman–Crippen MR) is 99.5 cm³/mol. The third-order valence-electron chi connectivity index (χ3n) is 4.17. The highest BCUT2D eigenvalue weighted by atomic mass is 19.1. The van der Waals surface area contributed by atoms with Crippen molar-refractivity contribution in [3.05, 3.63) is 71.2 Å². The third kappa shape index (κ3) is 4.09. The average Bonchev–Trinajstić information content (AvgIpc) is 2.71. The van der Waals surface area contributed by atoms with E-state index in [0.717, 1.165) is 5.39 Å². The molecule has 0 aliphatic carbocycles. The number of rotatable bonds is 6. The summed E-state index contributed by atoms with van der Waals surface area (Å²) in [5.74, 6) is -1.90. The van der Waals surface area contributed by atoms with Gasteiger partial charge in [-0.3, -0.25) is 0 Å². The van der Waals surface area contributed by atoms with Crippen molar-refractivity contribution in [3.63, 3.8) is 0 Å². The summed E-state index contributed by atoms with van der Waals surface area (Å²) in [7, 11) is 1.27. The number of pyridine rings is 1. The van der Waals surface area contributed by atoms with Crippen LogP contribution in [0, 0.1) is 12.7 Å². The number of aromatic nitrogens is 1. The van der Waals surface area contributed by atoms with E-state index in [0.29, 0.717) is 11.1 Å². The largest absolute Gasteiger partial charge is 0.479 e. The minimum Gasteiger partial charge on any atom is -0.479 e. The number of hydrogen-bond acceptors (Lipinski definition) is 6. The molecule has 3 rings (SSSR count). The lowest BCUT2D eigenvalue weighted by atomic mass is 10.0. The van der Waals surface area contributed by atoms with Gasteiger partial charge in [-0.2, -0.15) is 0 Å². The number of aryl methyl sites for hydroxylation is 1. The monoisotopic (exact) mass is 383 g/mol. The first-order chi connectivity index (χ1) is 13.5. The minimum absolute atomic E-state index is 0.0469. The number of methoxy groups -OCH3 is 1. The Morgan fingerprint density at radius 1 is 1.07 bits per heavy atom. The molecular weight excluding hydrogens is 365 g/mol.